The average Bonchev–Trinajstić information content (AvgIpc) is 2.03. The van der Waals surface area contributed by atoms with E-state index in [2.05, 4.69) is 0 Å². The number of pyridine rings is 1. The molecule has 1 heterocycles. The van der Waals surface area contributed by atoms with Gasteiger partial charge >= 0.3 is 5.95 Å². The van der Waals surface area contributed by atoms with Crippen molar-refractivity contribution in [1.82, 2.24) is 0 Å². The third-order valence-electron chi connectivity index (χ3n) is 1.28. The molecule has 0 N–H and O–H groups in total. The van der Waals surface area contributed by atoms with Crippen LogP contribution in [0.2, 0.25) is 0 Å². The van der Waals surface area contributed by atoms with Gasteiger partial charge in [0.15, 0.2) is 12.7 Å². The Morgan fingerprint density at radius 2 is 2.25 bits per heavy atom. The molecule has 0 aliphatic heterocycles. The molecule has 0 aromatic carbocycles. The van der Waals surface area contributed by atoms with Crippen LogP contribution in [-0.4, -0.2) is 0 Å². The van der Waals surface area contributed by atoms with Crippen molar-refractivity contribution < 1.29 is 21.4 Å². The summed E-state index contributed by atoms with van der Waals surface area (Å²) in [4.78, 5) is 0. The molecule has 0 spiro atoms. The van der Waals surface area contributed by atoms with Crippen LogP contribution >= 0.6 is 11.6 Å². The highest BCUT2D eigenvalue weighted by molar-refractivity contribution is 6.25. The first-order chi connectivity index (χ1) is 5.34. The lowest BCUT2D eigenvalue weighted by Crippen LogP contribution is -3.00. The van der Waals surface area contributed by atoms with Crippen molar-refractivity contribution in [2.24, 2.45) is 0 Å². The van der Waals surface area contributed by atoms with Gasteiger partial charge in [0.1, 0.15) is 0 Å². The molecule has 0 saturated carbocycles. The lowest BCUT2D eigenvalue weighted by Gasteiger charge is -1.90. The minimum Gasteiger partial charge on any atom is -1.00 e. The van der Waals surface area contributed by atoms with Gasteiger partial charge < -0.3 is 12.4 Å². The fraction of sp³-hybridized carbons (Fsp3) is 0.125. The van der Waals surface area contributed by atoms with E-state index in [1.54, 1.807) is 24.4 Å². The van der Waals surface area contributed by atoms with Gasteiger partial charge in [0, 0.05) is 17.7 Å². The minimum atomic E-state index is -0.262. The number of nitrogens with zero attached hydrogens (tertiary/aromatic N) is 1. The van der Waals surface area contributed by atoms with Crippen LogP contribution in [0.25, 0.3) is 0 Å². The first kappa shape index (κ1) is 11.4. The molecule has 1 aromatic heterocycles. The summed E-state index contributed by atoms with van der Waals surface area (Å²) in [6.07, 6.45) is 3.33. The van der Waals surface area contributed by atoms with Crippen molar-refractivity contribution in [1.29, 1.82) is 0 Å². The van der Waals surface area contributed by atoms with Crippen LogP contribution in [0.5, 0.6) is 0 Å². The van der Waals surface area contributed by atoms with Crippen molar-refractivity contribution in [2.45, 2.75) is 6.54 Å². The highest BCUT2D eigenvalue weighted by atomic mass is 35.5. The molecule has 0 radical (unpaired) electrons. The Morgan fingerprint density at radius 1 is 1.50 bits per heavy atom. The molecule has 1 aromatic rings. The van der Waals surface area contributed by atoms with Crippen LogP contribution in [0.3, 0.4) is 0 Å². The predicted octanol–water partition coefficient (Wildman–Crippen LogP) is -1.13. The van der Waals surface area contributed by atoms with Gasteiger partial charge in [-0.2, -0.15) is 4.57 Å². The van der Waals surface area contributed by atoms with E-state index < -0.39 is 0 Å². The Balaban J connectivity index is 0.00000121. The van der Waals surface area contributed by atoms with Gasteiger partial charge in [-0.05, 0) is 12.1 Å². The Bertz CT molecular complexity index is 263. The van der Waals surface area contributed by atoms with Gasteiger partial charge in [0.25, 0.3) is 0 Å². The summed E-state index contributed by atoms with van der Waals surface area (Å²) in [5.41, 5.74) is 1.37. The van der Waals surface area contributed by atoms with E-state index in [1.165, 1.54) is 16.2 Å². The van der Waals surface area contributed by atoms with Crippen molar-refractivity contribution in [3.05, 3.63) is 42.0 Å². The van der Waals surface area contributed by atoms with Gasteiger partial charge in [-0.1, -0.05) is 11.6 Å². The second-order valence-corrected chi connectivity index (χ2v) is 2.29. The Labute approximate surface area is 81.9 Å². The lowest BCUT2D eigenvalue weighted by atomic mass is 10.4. The molecule has 0 saturated heterocycles. The first-order valence-electron chi connectivity index (χ1n) is 3.24. The van der Waals surface area contributed by atoms with Gasteiger partial charge in [0.05, 0.1) is 0 Å². The number of aromatic nitrogens is 1. The maximum atomic E-state index is 12.8. The van der Waals surface area contributed by atoms with E-state index in [-0.39, 0.29) is 18.4 Å². The number of allylic oxidation sites excluding steroid dienone is 1. The SMILES string of the molecule is Fc1cccc[n+]1C/C=C/Cl.[Cl-]. The van der Waals surface area contributed by atoms with Gasteiger partial charge in [-0.25, -0.2) is 0 Å². The number of rotatable bonds is 2. The predicted molar refractivity (Wildman–Crippen MR) is 41.6 cm³/mol. The third kappa shape index (κ3) is 3.20. The quantitative estimate of drug-likeness (QED) is 0.427. The lowest BCUT2D eigenvalue weighted by molar-refractivity contribution is -0.714. The molecule has 66 valence electrons. The zero-order chi connectivity index (χ0) is 8.10. The smallest absolute Gasteiger partial charge is 0.359 e. The topological polar surface area (TPSA) is 3.88 Å². The Morgan fingerprint density at radius 3 is 2.83 bits per heavy atom. The van der Waals surface area contributed by atoms with E-state index in [4.69, 9.17) is 11.6 Å². The highest BCUT2D eigenvalue weighted by Gasteiger charge is 2.03. The molecule has 12 heavy (non-hydrogen) atoms. The van der Waals surface area contributed by atoms with E-state index in [0.717, 1.165) is 0 Å². The Hall–Kier alpha value is -0.600. The molecule has 0 aliphatic rings. The zero-order valence-electron chi connectivity index (χ0n) is 6.25. The summed E-state index contributed by atoms with van der Waals surface area (Å²) >= 11 is 5.29. The summed E-state index contributed by atoms with van der Waals surface area (Å²) < 4.78 is 14.3. The monoisotopic (exact) mass is 207 g/mol. The second kappa shape index (κ2) is 5.98. The normalized spacial score (nSPS) is 9.83. The van der Waals surface area contributed by atoms with E-state index in [1.807, 2.05) is 0 Å². The summed E-state index contributed by atoms with van der Waals surface area (Å²) in [5, 5.41) is 0. The number of hydrogen-bond donors (Lipinski definition) is 0. The molecule has 4 heteroatoms. The molecule has 1 nitrogen and oxygen atoms in total. The summed E-state index contributed by atoms with van der Waals surface area (Å²) in [5.74, 6) is -0.262. The third-order valence-corrected chi connectivity index (χ3v) is 1.45. The van der Waals surface area contributed by atoms with Crippen molar-refractivity contribution >= 4 is 11.6 Å². The van der Waals surface area contributed by atoms with Crippen LogP contribution in [0, 0.1) is 5.95 Å². The zero-order valence-corrected chi connectivity index (χ0v) is 7.76. The van der Waals surface area contributed by atoms with E-state index in [9.17, 15) is 4.39 Å². The van der Waals surface area contributed by atoms with E-state index >= 15 is 0 Å². The molecule has 0 amide bonds. The van der Waals surface area contributed by atoms with Crippen molar-refractivity contribution in [3.63, 3.8) is 0 Å². The van der Waals surface area contributed by atoms with Crippen LogP contribution in [0.15, 0.2) is 36.0 Å². The molecule has 0 bridgehead atoms. The Kier molecular flexibility index (Phi) is 5.68. The summed E-state index contributed by atoms with van der Waals surface area (Å²) in [7, 11) is 0. The molecular formula is C8H8Cl2FN. The molecular weight excluding hydrogens is 200 g/mol. The molecule has 0 atom stereocenters. The number of halogens is 3. The van der Waals surface area contributed by atoms with E-state index in [0.29, 0.717) is 6.54 Å². The maximum Gasteiger partial charge on any atom is 0.359 e. The highest BCUT2D eigenvalue weighted by Crippen LogP contribution is 1.88. The van der Waals surface area contributed by atoms with Gasteiger partial charge in [-0.15, -0.1) is 4.39 Å². The van der Waals surface area contributed by atoms with Crippen LogP contribution in [-0.2, 0) is 6.54 Å². The van der Waals surface area contributed by atoms with Crippen LogP contribution in [0.1, 0.15) is 0 Å². The fourth-order valence-corrected chi connectivity index (χ4v) is 0.837. The second-order valence-electron chi connectivity index (χ2n) is 2.04. The summed E-state index contributed by atoms with van der Waals surface area (Å²) in [6, 6.07) is 4.82. The first-order valence-corrected chi connectivity index (χ1v) is 3.67. The minimum absolute atomic E-state index is 0. The molecule has 0 aliphatic carbocycles. The van der Waals surface area contributed by atoms with Crippen molar-refractivity contribution in [2.75, 3.05) is 0 Å². The van der Waals surface area contributed by atoms with Crippen LogP contribution in [0.4, 0.5) is 4.39 Å². The standard InChI is InChI=1S/C8H8ClFN.ClH/c9-5-3-7-11-6-2-1-4-8(11)10;/h1-6H,7H2;1H/q+1;/p-1/b5-3+;. The molecule has 0 fully saturated rings. The fourth-order valence-electron chi connectivity index (χ4n) is 0.757. The van der Waals surface area contributed by atoms with Gasteiger partial charge in [0.2, 0.25) is 0 Å². The van der Waals surface area contributed by atoms with Gasteiger partial charge in [-0.3, -0.25) is 0 Å². The average molecular weight is 208 g/mol. The van der Waals surface area contributed by atoms with Crippen molar-refractivity contribution in [3.8, 4) is 0 Å². The molecule has 0 unspecified atom stereocenters. The maximum absolute atomic E-state index is 12.8. The largest absolute Gasteiger partial charge is 1.00 e. The number of hydrogen-bond acceptors (Lipinski definition) is 0. The summed E-state index contributed by atoms with van der Waals surface area (Å²) in [6.45, 7) is 0.468. The van der Waals surface area contributed by atoms with Crippen LogP contribution < -0.4 is 17.0 Å². The molecule has 1 rings (SSSR count).